The molecule has 7 heteroatoms. The molecule has 0 heterocycles. The first-order valence-electron chi connectivity index (χ1n) is 6.83. The van der Waals surface area contributed by atoms with Crippen LogP contribution >= 0.6 is 0 Å². The molecule has 21 heavy (non-hydrogen) atoms. The van der Waals surface area contributed by atoms with E-state index in [1.807, 2.05) is 6.92 Å². The van der Waals surface area contributed by atoms with Gasteiger partial charge in [0, 0.05) is 31.8 Å². The number of nitrogens with zero attached hydrogens (tertiary/aromatic N) is 1. The highest BCUT2D eigenvalue weighted by atomic mass is 32.2. The molecule has 1 rings (SSSR count). The zero-order valence-electron chi connectivity index (χ0n) is 13.0. The van der Waals surface area contributed by atoms with Gasteiger partial charge in [0.15, 0.2) is 11.5 Å². The zero-order chi connectivity index (χ0) is 16.0. The Balaban J connectivity index is 3.30. The monoisotopic (exact) mass is 316 g/mol. The predicted molar refractivity (Wildman–Crippen MR) is 82.2 cm³/mol. The number of sulfonamides is 1. The maximum absolute atomic E-state index is 12.6. The molecule has 0 radical (unpaired) electrons. The lowest BCUT2D eigenvalue weighted by Gasteiger charge is -2.19. The van der Waals surface area contributed by atoms with E-state index in [9.17, 15) is 8.42 Å². The Labute approximate surface area is 126 Å². The summed E-state index contributed by atoms with van der Waals surface area (Å²) in [5.74, 6) is 0.832. The topological polar surface area (TPSA) is 81.9 Å². The van der Waals surface area contributed by atoms with Crippen molar-refractivity contribution in [3.05, 3.63) is 17.7 Å². The third-order valence-electron chi connectivity index (χ3n) is 3.28. The van der Waals surface area contributed by atoms with E-state index in [0.717, 1.165) is 12.8 Å². The summed E-state index contributed by atoms with van der Waals surface area (Å²) in [5.41, 5.74) is 6.27. The Morgan fingerprint density at radius 1 is 1.24 bits per heavy atom. The van der Waals surface area contributed by atoms with Crippen LogP contribution in [0.4, 0.5) is 0 Å². The molecule has 0 saturated heterocycles. The summed E-state index contributed by atoms with van der Waals surface area (Å²) in [5, 5.41) is 0. The zero-order valence-corrected chi connectivity index (χ0v) is 13.9. The molecule has 0 aliphatic rings. The van der Waals surface area contributed by atoms with Gasteiger partial charge in [-0.1, -0.05) is 13.3 Å². The Hall–Kier alpha value is -1.31. The Bertz CT molecular complexity index is 547. The lowest BCUT2D eigenvalue weighted by Crippen LogP contribution is -2.28. The van der Waals surface area contributed by atoms with Crippen molar-refractivity contribution in [3.63, 3.8) is 0 Å². The van der Waals surface area contributed by atoms with Gasteiger partial charge in [-0.2, -0.15) is 0 Å². The van der Waals surface area contributed by atoms with E-state index in [1.165, 1.54) is 24.6 Å². The molecule has 2 N–H and O–H groups in total. The number of benzene rings is 1. The van der Waals surface area contributed by atoms with Crippen LogP contribution in [0.5, 0.6) is 11.5 Å². The average molecular weight is 316 g/mol. The van der Waals surface area contributed by atoms with Gasteiger partial charge in [-0.15, -0.1) is 0 Å². The number of ether oxygens (including phenoxy) is 2. The molecule has 0 atom stereocenters. The highest BCUT2D eigenvalue weighted by Gasteiger charge is 2.24. The third-order valence-corrected chi connectivity index (χ3v) is 5.12. The number of hydrogen-bond acceptors (Lipinski definition) is 5. The molecular weight excluding hydrogens is 292 g/mol. The van der Waals surface area contributed by atoms with Crippen LogP contribution < -0.4 is 15.2 Å². The van der Waals surface area contributed by atoms with Crippen LogP contribution in [0.2, 0.25) is 0 Å². The number of methoxy groups -OCH3 is 2. The molecule has 0 spiro atoms. The van der Waals surface area contributed by atoms with Crippen molar-refractivity contribution in [2.24, 2.45) is 5.73 Å². The van der Waals surface area contributed by atoms with E-state index < -0.39 is 10.0 Å². The second kappa shape index (κ2) is 7.63. The van der Waals surface area contributed by atoms with Crippen molar-refractivity contribution in [2.75, 3.05) is 27.8 Å². The van der Waals surface area contributed by atoms with Crippen molar-refractivity contribution in [2.45, 2.75) is 31.2 Å². The van der Waals surface area contributed by atoms with Crippen molar-refractivity contribution >= 4 is 10.0 Å². The van der Waals surface area contributed by atoms with Crippen molar-refractivity contribution in [1.29, 1.82) is 0 Å². The molecule has 6 nitrogen and oxygen atoms in total. The molecular formula is C14H24N2O4S. The maximum atomic E-state index is 12.6. The number of hydrogen-bond donors (Lipinski definition) is 1. The Morgan fingerprint density at radius 2 is 1.90 bits per heavy atom. The van der Waals surface area contributed by atoms with Crippen LogP contribution in [-0.2, 0) is 16.6 Å². The second-order valence-electron chi connectivity index (χ2n) is 4.70. The number of rotatable bonds is 8. The molecule has 0 saturated carbocycles. The maximum Gasteiger partial charge on any atom is 0.242 e. The molecule has 0 fully saturated rings. The molecule has 0 unspecified atom stereocenters. The minimum absolute atomic E-state index is 0.166. The van der Waals surface area contributed by atoms with Gasteiger partial charge < -0.3 is 15.2 Å². The molecule has 1 aromatic carbocycles. The van der Waals surface area contributed by atoms with Crippen LogP contribution in [-0.4, -0.2) is 40.5 Å². The lowest BCUT2D eigenvalue weighted by atomic mass is 10.2. The fraction of sp³-hybridized carbons (Fsp3) is 0.571. The first-order valence-corrected chi connectivity index (χ1v) is 8.27. The Morgan fingerprint density at radius 3 is 2.38 bits per heavy atom. The summed E-state index contributed by atoms with van der Waals surface area (Å²) in [7, 11) is 0.980. The van der Waals surface area contributed by atoms with Gasteiger partial charge in [0.25, 0.3) is 0 Å². The van der Waals surface area contributed by atoms with E-state index in [-0.39, 0.29) is 11.4 Å². The van der Waals surface area contributed by atoms with Crippen LogP contribution in [0, 0.1) is 0 Å². The van der Waals surface area contributed by atoms with E-state index >= 15 is 0 Å². The summed E-state index contributed by atoms with van der Waals surface area (Å²) in [6.45, 7) is 2.66. The second-order valence-corrected chi connectivity index (χ2v) is 6.75. The summed E-state index contributed by atoms with van der Waals surface area (Å²) in [6, 6.07) is 3.01. The van der Waals surface area contributed by atoms with E-state index in [1.54, 1.807) is 13.1 Å². The summed E-state index contributed by atoms with van der Waals surface area (Å²) in [4.78, 5) is 0.166. The smallest absolute Gasteiger partial charge is 0.242 e. The van der Waals surface area contributed by atoms with Gasteiger partial charge in [-0.3, -0.25) is 0 Å². The summed E-state index contributed by atoms with van der Waals surface area (Å²) >= 11 is 0. The highest BCUT2D eigenvalue weighted by molar-refractivity contribution is 7.89. The van der Waals surface area contributed by atoms with Crippen LogP contribution in [0.15, 0.2) is 17.0 Å². The standard InChI is InChI=1S/C14H24N2O4S/c1-5-6-7-16(2)21(17,18)12-8-11(10-15)14(20-4)13(9-12)19-3/h8-9H,5-7,10,15H2,1-4H3. The SMILES string of the molecule is CCCCN(C)S(=O)(=O)c1cc(CN)c(OC)c(OC)c1. The Kier molecular flexibility index (Phi) is 6.44. The minimum Gasteiger partial charge on any atom is -0.493 e. The largest absolute Gasteiger partial charge is 0.493 e. The number of nitrogens with two attached hydrogens (primary N) is 1. The van der Waals surface area contributed by atoms with Gasteiger partial charge in [0.2, 0.25) is 10.0 Å². The molecule has 0 amide bonds. The van der Waals surface area contributed by atoms with Gasteiger partial charge in [0.1, 0.15) is 0 Å². The van der Waals surface area contributed by atoms with Crippen molar-refractivity contribution < 1.29 is 17.9 Å². The van der Waals surface area contributed by atoms with Gasteiger partial charge in [-0.25, -0.2) is 12.7 Å². The molecule has 1 aromatic rings. The predicted octanol–water partition coefficient (Wildman–Crippen LogP) is 1.58. The van der Waals surface area contributed by atoms with E-state index in [4.69, 9.17) is 15.2 Å². The quantitative estimate of drug-likeness (QED) is 0.787. The fourth-order valence-corrected chi connectivity index (χ4v) is 3.27. The molecule has 0 aromatic heterocycles. The highest BCUT2D eigenvalue weighted by Crippen LogP contribution is 2.34. The first kappa shape index (κ1) is 17.7. The number of unbranched alkanes of at least 4 members (excludes halogenated alkanes) is 1. The summed E-state index contributed by atoms with van der Waals surface area (Å²) < 4.78 is 36.9. The van der Waals surface area contributed by atoms with Gasteiger partial charge in [0.05, 0.1) is 19.1 Å². The van der Waals surface area contributed by atoms with Crippen molar-refractivity contribution in [1.82, 2.24) is 4.31 Å². The van der Waals surface area contributed by atoms with Crippen molar-refractivity contribution in [3.8, 4) is 11.5 Å². The lowest BCUT2D eigenvalue weighted by molar-refractivity contribution is 0.350. The first-order chi connectivity index (χ1) is 9.92. The molecule has 120 valence electrons. The van der Waals surface area contributed by atoms with E-state index in [2.05, 4.69) is 0 Å². The normalized spacial score (nSPS) is 11.7. The van der Waals surface area contributed by atoms with Gasteiger partial charge in [-0.05, 0) is 12.5 Å². The summed E-state index contributed by atoms with van der Waals surface area (Å²) in [6.07, 6.45) is 1.74. The minimum atomic E-state index is -3.56. The third kappa shape index (κ3) is 3.87. The fourth-order valence-electron chi connectivity index (χ4n) is 2.00. The van der Waals surface area contributed by atoms with Crippen LogP contribution in [0.1, 0.15) is 25.3 Å². The van der Waals surface area contributed by atoms with Crippen LogP contribution in [0.3, 0.4) is 0 Å². The molecule has 0 bridgehead atoms. The molecule has 0 aliphatic heterocycles. The van der Waals surface area contributed by atoms with Crippen LogP contribution in [0.25, 0.3) is 0 Å². The van der Waals surface area contributed by atoms with Gasteiger partial charge >= 0.3 is 0 Å². The van der Waals surface area contributed by atoms with E-state index in [0.29, 0.717) is 23.6 Å². The average Bonchev–Trinajstić information content (AvgIpc) is 2.50. The molecule has 0 aliphatic carbocycles.